The van der Waals surface area contributed by atoms with Gasteiger partial charge in [-0.25, -0.2) is 4.98 Å². The van der Waals surface area contributed by atoms with Crippen LogP contribution in [0, 0.1) is 5.92 Å². The number of likely N-dealkylation sites (N-methyl/N-ethyl adjacent to an activating group) is 1. The first-order chi connectivity index (χ1) is 9.70. The van der Waals surface area contributed by atoms with Gasteiger partial charge in [-0.2, -0.15) is 0 Å². The van der Waals surface area contributed by atoms with E-state index in [0.717, 1.165) is 42.7 Å². The van der Waals surface area contributed by atoms with Gasteiger partial charge in [0.2, 0.25) is 5.89 Å². The summed E-state index contributed by atoms with van der Waals surface area (Å²) in [6, 6.07) is 5.53. The Labute approximate surface area is 118 Å². The lowest BCUT2D eigenvalue weighted by Crippen LogP contribution is -2.23. The topological polar surface area (TPSA) is 64.5 Å². The van der Waals surface area contributed by atoms with E-state index in [1.807, 2.05) is 25.2 Å². The number of fused-ring (bicyclic) bond motifs is 1. The van der Waals surface area contributed by atoms with Crippen LogP contribution in [0.3, 0.4) is 0 Å². The third kappa shape index (κ3) is 3.49. The van der Waals surface area contributed by atoms with Gasteiger partial charge in [-0.05, 0) is 37.9 Å². The molecule has 1 aromatic carbocycles. The summed E-state index contributed by atoms with van der Waals surface area (Å²) in [4.78, 5) is 6.61. The molecular weight excluding hydrogens is 254 g/mol. The molecule has 0 radical (unpaired) electrons. The van der Waals surface area contributed by atoms with Crippen molar-refractivity contribution in [3.63, 3.8) is 0 Å². The zero-order valence-corrected chi connectivity index (χ0v) is 11.8. The molecule has 1 aromatic heterocycles. The summed E-state index contributed by atoms with van der Waals surface area (Å²) in [6.07, 6.45) is 2.67. The summed E-state index contributed by atoms with van der Waals surface area (Å²) in [5.74, 6) is 1.54. The highest BCUT2D eigenvalue weighted by Crippen LogP contribution is 2.28. The lowest BCUT2D eigenvalue weighted by molar-refractivity contribution is 0.0997. The smallest absolute Gasteiger partial charge is 0.209 e. The van der Waals surface area contributed by atoms with E-state index in [4.69, 9.17) is 14.9 Å². The SMILES string of the molecule is CN(CCOCC1CC1)Cc1nc2ccc(N)cc2o1. The second-order valence-corrected chi connectivity index (χ2v) is 5.59. The molecule has 0 spiro atoms. The zero-order valence-electron chi connectivity index (χ0n) is 11.8. The second kappa shape index (κ2) is 5.81. The molecule has 0 bridgehead atoms. The molecule has 1 saturated carbocycles. The molecule has 1 aliphatic carbocycles. The first kappa shape index (κ1) is 13.4. The molecule has 0 atom stereocenters. The molecule has 2 N–H and O–H groups in total. The maximum Gasteiger partial charge on any atom is 0.209 e. The van der Waals surface area contributed by atoms with Crippen LogP contribution >= 0.6 is 0 Å². The number of hydrogen-bond acceptors (Lipinski definition) is 5. The molecule has 0 amide bonds. The maximum atomic E-state index is 5.73. The van der Waals surface area contributed by atoms with Crippen LogP contribution in [0.2, 0.25) is 0 Å². The summed E-state index contributed by atoms with van der Waals surface area (Å²) in [5, 5.41) is 0. The number of nitrogens with zero attached hydrogens (tertiary/aromatic N) is 2. The summed E-state index contributed by atoms with van der Waals surface area (Å²) in [6.45, 7) is 3.24. The molecule has 1 aliphatic rings. The molecule has 2 aromatic rings. The average Bonchev–Trinajstić information content (AvgIpc) is 3.15. The molecule has 20 heavy (non-hydrogen) atoms. The fraction of sp³-hybridized carbons (Fsp3) is 0.533. The minimum absolute atomic E-state index is 0.682. The van der Waals surface area contributed by atoms with Crippen LogP contribution in [0.15, 0.2) is 22.6 Å². The van der Waals surface area contributed by atoms with Crippen molar-refractivity contribution < 1.29 is 9.15 Å². The van der Waals surface area contributed by atoms with E-state index >= 15 is 0 Å². The minimum atomic E-state index is 0.682. The van der Waals surface area contributed by atoms with Crippen molar-refractivity contribution in [3.05, 3.63) is 24.1 Å². The first-order valence-electron chi connectivity index (χ1n) is 7.12. The Morgan fingerprint density at radius 2 is 2.30 bits per heavy atom. The van der Waals surface area contributed by atoms with E-state index in [2.05, 4.69) is 9.88 Å². The van der Waals surface area contributed by atoms with Crippen LogP contribution in [-0.2, 0) is 11.3 Å². The third-order valence-corrected chi connectivity index (χ3v) is 3.53. The predicted octanol–water partition coefficient (Wildman–Crippen LogP) is 2.27. The maximum absolute atomic E-state index is 5.73. The van der Waals surface area contributed by atoms with Crippen molar-refractivity contribution in [1.29, 1.82) is 0 Å². The van der Waals surface area contributed by atoms with Crippen LogP contribution in [-0.4, -0.2) is 36.7 Å². The van der Waals surface area contributed by atoms with Crippen LogP contribution < -0.4 is 5.73 Å². The minimum Gasteiger partial charge on any atom is -0.439 e. The van der Waals surface area contributed by atoms with Crippen LogP contribution in [0.4, 0.5) is 5.69 Å². The first-order valence-corrected chi connectivity index (χ1v) is 7.12. The molecule has 1 fully saturated rings. The standard InChI is InChI=1S/C15H21N3O2/c1-18(6-7-19-10-11-2-3-11)9-15-17-13-5-4-12(16)8-14(13)20-15/h4-5,8,11H,2-3,6-7,9-10,16H2,1H3. The van der Waals surface area contributed by atoms with E-state index in [1.165, 1.54) is 12.8 Å². The molecule has 0 aliphatic heterocycles. The number of anilines is 1. The lowest BCUT2D eigenvalue weighted by Gasteiger charge is -2.14. The molecule has 0 saturated heterocycles. The average molecular weight is 275 g/mol. The lowest BCUT2D eigenvalue weighted by atomic mass is 10.3. The van der Waals surface area contributed by atoms with Crippen molar-refractivity contribution in [2.75, 3.05) is 32.5 Å². The van der Waals surface area contributed by atoms with E-state index in [-0.39, 0.29) is 0 Å². The monoisotopic (exact) mass is 275 g/mol. The Hall–Kier alpha value is -1.59. The fourth-order valence-corrected chi connectivity index (χ4v) is 2.12. The zero-order chi connectivity index (χ0) is 13.9. The Morgan fingerprint density at radius 1 is 1.45 bits per heavy atom. The van der Waals surface area contributed by atoms with Gasteiger partial charge in [0, 0.05) is 24.9 Å². The van der Waals surface area contributed by atoms with E-state index in [1.54, 1.807) is 0 Å². The van der Waals surface area contributed by atoms with Gasteiger partial charge in [-0.3, -0.25) is 4.90 Å². The van der Waals surface area contributed by atoms with Crippen molar-refractivity contribution in [1.82, 2.24) is 9.88 Å². The van der Waals surface area contributed by atoms with Crippen LogP contribution in [0.1, 0.15) is 18.7 Å². The van der Waals surface area contributed by atoms with Crippen LogP contribution in [0.5, 0.6) is 0 Å². The van der Waals surface area contributed by atoms with Gasteiger partial charge in [-0.1, -0.05) is 0 Å². The van der Waals surface area contributed by atoms with E-state index in [0.29, 0.717) is 12.2 Å². The second-order valence-electron chi connectivity index (χ2n) is 5.59. The highest BCUT2D eigenvalue weighted by Gasteiger charge is 2.21. The molecule has 3 rings (SSSR count). The molecule has 5 nitrogen and oxygen atoms in total. The molecule has 1 heterocycles. The normalized spacial score (nSPS) is 15.3. The number of hydrogen-bond donors (Lipinski definition) is 1. The third-order valence-electron chi connectivity index (χ3n) is 3.53. The highest BCUT2D eigenvalue weighted by molar-refractivity contribution is 5.76. The Kier molecular flexibility index (Phi) is 3.89. The number of oxazole rings is 1. The summed E-state index contributed by atoms with van der Waals surface area (Å²) in [5.41, 5.74) is 8.03. The van der Waals surface area contributed by atoms with Gasteiger partial charge < -0.3 is 14.9 Å². The Balaban J connectivity index is 1.49. The van der Waals surface area contributed by atoms with Gasteiger partial charge in [-0.15, -0.1) is 0 Å². The number of aromatic nitrogens is 1. The summed E-state index contributed by atoms with van der Waals surface area (Å²) in [7, 11) is 2.05. The van der Waals surface area contributed by atoms with Crippen molar-refractivity contribution in [3.8, 4) is 0 Å². The number of benzene rings is 1. The molecule has 108 valence electrons. The highest BCUT2D eigenvalue weighted by atomic mass is 16.5. The van der Waals surface area contributed by atoms with E-state index < -0.39 is 0 Å². The van der Waals surface area contributed by atoms with Crippen molar-refractivity contribution >= 4 is 16.8 Å². The molecular formula is C15H21N3O2. The van der Waals surface area contributed by atoms with Crippen LogP contribution in [0.25, 0.3) is 11.1 Å². The largest absolute Gasteiger partial charge is 0.439 e. The number of ether oxygens (including phenoxy) is 1. The quantitative estimate of drug-likeness (QED) is 0.620. The van der Waals surface area contributed by atoms with Crippen molar-refractivity contribution in [2.45, 2.75) is 19.4 Å². The summed E-state index contributed by atoms with van der Waals surface area (Å²) < 4.78 is 11.3. The van der Waals surface area contributed by atoms with E-state index in [9.17, 15) is 0 Å². The van der Waals surface area contributed by atoms with Crippen molar-refractivity contribution in [2.24, 2.45) is 5.92 Å². The number of nitrogen functional groups attached to an aromatic ring is 1. The van der Waals surface area contributed by atoms with Gasteiger partial charge in [0.05, 0.1) is 13.2 Å². The van der Waals surface area contributed by atoms with Gasteiger partial charge in [0.25, 0.3) is 0 Å². The molecule has 5 heteroatoms. The number of rotatable bonds is 7. The van der Waals surface area contributed by atoms with Gasteiger partial charge in [0.15, 0.2) is 5.58 Å². The predicted molar refractivity (Wildman–Crippen MR) is 78.3 cm³/mol. The molecule has 0 unspecified atom stereocenters. The van der Waals surface area contributed by atoms with Gasteiger partial charge >= 0.3 is 0 Å². The summed E-state index contributed by atoms with van der Waals surface area (Å²) >= 11 is 0. The number of nitrogens with two attached hydrogens (primary N) is 1. The van der Waals surface area contributed by atoms with Gasteiger partial charge in [0.1, 0.15) is 5.52 Å². The Bertz CT molecular complexity index is 578. The fourth-order valence-electron chi connectivity index (χ4n) is 2.12. The Morgan fingerprint density at radius 3 is 3.10 bits per heavy atom.